The Bertz CT molecular complexity index is 1850. The van der Waals surface area contributed by atoms with Crippen LogP contribution in [0, 0.1) is 23.7 Å². The van der Waals surface area contributed by atoms with Crippen molar-refractivity contribution < 1.29 is 43.6 Å². The molecule has 11 heteroatoms. The number of hydrogen-bond donors (Lipinski definition) is 3. The molecule has 1 amide bonds. The van der Waals surface area contributed by atoms with E-state index in [1.807, 2.05) is 36.4 Å². The molecule has 1 fully saturated rings. The molecule has 1 heterocycles. The van der Waals surface area contributed by atoms with Crippen molar-refractivity contribution in [2.75, 3.05) is 20.9 Å². The number of Topliss-reactive ketones (excluding diaryl/α,β-unsaturated/α-hetero) is 3. The molecule has 46 heavy (non-hydrogen) atoms. The first-order valence-corrected chi connectivity index (χ1v) is 15.0. The number of nitrogens with two attached hydrogens (primary N) is 1. The minimum absolute atomic E-state index is 0.0136. The van der Waals surface area contributed by atoms with Gasteiger partial charge in [-0.05, 0) is 59.2 Å². The molecule has 1 saturated carbocycles. The van der Waals surface area contributed by atoms with Crippen LogP contribution in [0.2, 0.25) is 0 Å². The van der Waals surface area contributed by atoms with Crippen LogP contribution in [0.15, 0.2) is 72.1 Å². The maximum absolute atomic E-state index is 14.3. The van der Waals surface area contributed by atoms with E-state index in [1.54, 1.807) is 37.2 Å². The molecule has 0 aromatic heterocycles. The first kappa shape index (κ1) is 29.5. The number of aromatic hydroxyl groups is 1. The Balaban J connectivity index is 1.34. The average molecular weight is 625 g/mol. The molecule has 4 aliphatic rings. The third kappa shape index (κ3) is 4.29. The van der Waals surface area contributed by atoms with Crippen LogP contribution in [0.1, 0.15) is 27.9 Å². The number of amides is 1. The Hall–Kier alpha value is -5.16. The van der Waals surface area contributed by atoms with E-state index in [9.17, 15) is 29.4 Å². The number of ketones is 3. The summed E-state index contributed by atoms with van der Waals surface area (Å²) in [6.45, 7) is 0.106. The lowest BCUT2D eigenvalue weighted by Gasteiger charge is -2.51. The fourth-order valence-corrected chi connectivity index (χ4v) is 7.59. The maximum Gasteiger partial charge on any atom is 0.235 e. The molecular formula is C35H32N2O9. The standard InChI is InChI=1S/C35H32N2O9/c1-37(2)29-22-13-19-12-21-20(18-8-11-24-25(14-18)46-16-45-24)9-10-23(38)27(21)30(39)26(19)32(40)35(22,43)33(41)28(34(36)42)31(29)44-15-17-6-4-3-5-7-17/h3-11,14,19,22,26,28,38,43H,12-13,15-16H2,1-2H3,(H2,36,42)/t19-,22-,26?,28?,35-/m0/s1. The lowest BCUT2D eigenvalue weighted by Crippen LogP contribution is -2.68. The molecule has 1 aliphatic heterocycles. The molecule has 3 aromatic rings. The predicted octanol–water partition coefficient (Wildman–Crippen LogP) is 2.75. The predicted molar refractivity (Wildman–Crippen MR) is 162 cm³/mol. The van der Waals surface area contributed by atoms with Crippen LogP contribution in [-0.4, -0.2) is 64.9 Å². The first-order chi connectivity index (χ1) is 22.0. The zero-order valence-corrected chi connectivity index (χ0v) is 25.2. The summed E-state index contributed by atoms with van der Waals surface area (Å²) < 4.78 is 17.1. The number of benzene rings is 3. The number of aliphatic hydroxyl groups is 1. The van der Waals surface area contributed by atoms with Crippen LogP contribution in [0.5, 0.6) is 17.2 Å². The molecule has 236 valence electrons. The normalized spacial score (nSPS) is 26.3. The van der Waals surface area contributed by atoms with Crippen molar-refractivity contribution in [2.45, 2.75) is 25.0 Å². The van der Waals surface area contributed by atoms with Gasteiger partial charge in [0.2, 0.25) is 12.7 Å². The molecule has 4 N–H and O–H groups in total. The average Bonchev–Trinajstić information content (AvgIpc) is 3.50. The molecule has 3 aromatic carbocycles. The van der Waals surface area contributed by atoms with Gasteiger partial charge in [0.15, 0.2) is 40.4 Å². The number of carbonyl (C=O) groups is 4. The molecule has 0 saturated heterocycles. The molecule has 0 spiro atoms. The fraction of sp³-hybridized carbons (Fsp3) is 0.314. The Kier molecular flexibility index (Phi) is 6.89. The molecule has 5 atom stereocenters. The third-order valence-corrected chi connectivity index (χ3v) is 9.63. The number of carbonyl (C=O) groups excluding carboxylic acids is 4. The first-order valence-electron chi connectivity index (χ1n) is 15.0. The van der Waals surface area contributed by atoms with Crippen molar-refractivity contribution in [3.63, 3.8) is 0 Å². The van der Waals surface area contributed by atoms with Gasteiger partial charge in [0.05, 0.1) is 17.2 Å². The molecule has 2 unspecified atom stereocenters. The molecule has 0 bridgehead atoms. The Morgan fingerprint density at radius 2 is 1.76 bits per heavy atom. The van der Waals surface area contributed by atoms with E-state index >= 15 is 0 Å². The van der Waals surface area contributed by atoms with E-state index < -0.39 is 52.5 Å². The van der Waals surface area contributed by atoms with Gasteiger partial charge >= 0.3 is 0 Å². The van der Waals surface area contributed by atoms with Crippen LogP contribution >= 0.6 is 0 Å². The van der Waals surface area contributed by atoms with E-state index in [1.165, 1.54) is 6.07 Å². The summed E-state index contributed by atoms with van der Waals surface area (Å²) in [5, 5.41) is 23.0. The lowest BCUT2D eigenvalue weighted by atomic mass is 9.54. The van der Waals surface area contributed by atoms with Crippen LogP contribution < -0.4 is 15.2 Å². The van der Waals surface area contributed by atoms with Crippen molar-refractivity contribution in [2.24, 2.45) is 29.4 Å². The van der Waals surface area contributed by atoms with Crippen molar-refractivity contribution in [3.05, 3.63) is 88.8 Å². The minimum Gasteiger partial charge on any atom is -0.507 e. The summed E-state index contributed by atoms with van der Waals surface area (Å²) in [5.74, 6) is -7.99. The van der Waals surface area contributed by atoms with E-state index in [0.29, 0.717) is 28.3 Å². The van der Waals surface area contributed by atoms with Crippen molar-refractivity contribution in [1.29, 1.82) is 0 Å². The second-order valence-electron chi connectivity index (χ2n) is 12.4. The van der Waals surface area contributed by atoms with E-state index in [-0.39, 0.29) is 43.3 Å². The summed E-state index contributed by atoms with van der Waals surface area (Å²) in [5.41, 5.74) is 6.00. The van der Waals surface area contributed by atoms with Crippen LogP contribution in [0.25, 0.3) is 11.1 Å². The second kappa shape index (κ2) is 10.7. The van der Waals surface area contributed by atoms with Crippen molar-refractivity contribution in [1.82, 2.24) is 4.90 Å². The van der Waals surface area contributed by atoms with Crippen molar-refractivity contribution in [3.8, 4) is 28.4 Å². The Morgan fingerprint density at radius 1 is 1.02 bits per heavy atom. The summed E-state index contributed by atoms with van der Waals surface area (Å²) in [6.07, 6.45) is 0.258. The highest BCUT2D eigenvalue weighted by molar-refractivity contribution is 6.26. The summed E-state index contributed by atoms with van der Waals surface area (Å²) in [6, 6.07) is 17.6. The molecular weight excluding hydrogens is 592 g/mol. The molecule has 0 radical (unpaired) electrons. The fourth-order valence-electron chi connectivity index (χ4n) is 7.59. The summed E-state index contributed by atoms with van der Waals surface area (Å²) in [7, 11) is 3.34. The number of fused-ring (bicyclic) bond motifs is 4. The van der Waals surface area contributed by atoms with Crippen LogP contribution in [0.3, 0.4) is 0 Å². The van der Waals surface area contributed by atoms with Gasteiger partial charge in [0.25, 0.3) is 0 Å². The number of primary amides is 1. The summed E-state index contributed by atoms with van der Waals surface area (Å²) >= 11 is 0. The molecule has 3 aliphatic carbocycles. The van der Waals surface area contributed by atoms with Gasteiger partial charge in [-0.2, -0.15) is 0 Å². The zero-order chi connectivity index (χ0) is 32.5. The van der Waals surface area contributed by atoms with Gasteiger partial charge < -0.3 is 35.1 Å². The van der Waals surface area contributed by atoms with Gasteiger partial charge in [-0.1, -0.05) is 42.5 Å². The third-order valence-electron chi connectivity index (χ3n) is 9.63. The minimum atomic E-state index is -2.71. The molecule has 11 nitrogen and oxygen atoms in total. The van der Waals surface area contributed by atoms with Crippen LogP contribution in [0.4, 0.5) is 0 Å². The SMILES string of the molecule is CN(C)C1=C(OCc2ccccc2)C(C(N)=O)C(=O)[C@@]2(O)C(=O)C3C(=O)c4c(O)ccc(-c5ccc6c(c5)OCO6)c4C[C@H]3C[C@@H]12. The van der Waals surface area contributed by atoms with Crippen molar-refractivity contribution >= 4 is 23.3 Å². The van der Waals surface area contributed by atoms with E-state index in [0.717, 1.165) is 11.1 Å². The van der Waals surface area contributed by atoms with Crippen LogP contribution in [-0.2, 0) is 32.1 Å². The van der Waals surface area contributed by atoms with Gasteiger partial charge in [-0.15, -0.1) is 0 Å². The highest BCUT2D eigenvalue weighted by Crippen LogP contribution is 2.54. The topological polar surface area (TPSA) is 166 Å². The number of rotatable bonds is 6. The number of phenols is 1. The monoisotopic (exact) mass is 624 g/mol. The van der Waals surface area contributed by atoms with Gasteiger partial charge in [0, 0.05) is 20.0 Å². The quantitative estimate of drug-likeness (QED) is 0.347. The highest BCUT2D eigenvalue weighted by Gasteiger charge is 2.67. The molecule has 7 rings (SSSR count). The second-order valence-corrected chi connectivity index (χ2v) is 12.4. The van der Waals surface area contributed by atoms with Gasteiger partial charge in [-0.25, -0.2) is 0 Å². The number of ether oxygens (including phenoxy) is 3. The Morgan fingerprint density at radius 3 is 2.48 bits per heavy atom. The lowest BCUT2D eigenvalue weighted by molar-refractivity contribution is -0.170. The van der Waals surface area contributed by atoms with Gasteiger partial charge in [0.1, 0.15) is 18.1 Å². The highest BCUT2D eigenvalue weighted by atomic mass is 16.7. The smallest absolute Gasteiger partial charge is 0.235 e. The number of phenolic OH excluding ortho intramolecular Hbond substituents is 1. The van der Waals surface area contributed by atoms with E-state index in [4.69, 9.17) is 19.9 Å². The van der Waals surface area contributed by atoms with E-state index in [2.05, 4.69) is 0 Å². The zero-order valence-electron chi connectivity index (χ0n) is 25.2. The number of hydrogen-bond acceptors (Lipinski definition) is 10. The maximum atomic E-state index is 14.3. The Labute approximate surface area is 264 Å². The van der Waals surface area contributed by atoms with Gasteiger partial charge in [-0.3, -0.25) is 19.2 Å². The number of nitrogens with zero attached hydrogens (tertiary/aromatic N) is 1. The summed E-state index contributed by atoms with van der Waals surface area (Å²) in [4.78, 5) is 57.0. The largest absolute Gasteiger partial charge is 0.507 e.